The minimum Gasteiger partial charge on any atom is -0.346 e. The number of likely N-dealkylation sites (tertiary alicyclic amines) is 1. The lowest BCUT2D eigenvalue weighted by molar-refractivity contribution is -0.137. The molecule has 4 nitrogen and oxygen atoms in total. The first-order chi connectivity index (χ1) is 8.06. The van der Waals surface area contributed by atoms with E-state index in [1.54, 1.807) is 0 Å². The number of nitrogens with zero attached hydrogens (tertiary/aromatic N) is 2. The summed E-state index contributed by atoms with van der Waals surface area (Å²) in [5.74, 6) is 1.29. The maximum Gasteiger partial charge on any atom is 0.225 e. The largest absolute Gasteiger partial charge is 0.346 e. The summed E-state index contributed by atoms with van der Waals surface area (Å²) in [6.45, 7) is 3.30. The lowest BCUT2D eigenvalue weighted by Crippen LogP contribution is -2.46. The molecule has 2 fully saturated rings. The summed E-state index contributed by atoms with van der Waals surface area (Å²) in [6, 6.07) is 0.265. The zero-order chi connectivity index (χ0) is 12.4. The molecule has 1 heterocycles. The number of carbonyl (C=O) groups is 1. The molecule has 1 aliphatic carbocycles. The van der Waals surface area contributed by atoms with Gasteiger partial charge in [-0.15, -0.1) is 0 Å². The maximum atomic E-state index is 12.0. The van der Waals surface area contributed by atoms with Crippen LogP contribution in [0.2, 0.25) is 0 Å². The molecule has 4 heteroatoms. The summed E-state index contributed by atoms with van der Waals surface area (Å²) in [5.41, 5.74) is 5.72. The second kappa shape index (κ2) is 5.36. The highest BCUT2D eigenvalue weighted by molar-refractivity contribution is 5.79. The minimum atomic E-state index is 0.209. The Labute approximate surface area is 104 Å². The van der Waals surface area contributed by atoms with Gasteiger partial charge in [-0.2, -0.15) is 0 Å². The Hall–Kier alpha value is -0.610. The van der Waals surface area contributed by atoms with Gasteiger partial charge in [0.2, 0.25) is 5.91 Å². The molecule has 2 N–H and O–H groups in total. The van der Waals surface area contributed by atoms with Gasteiger partial charge in [0.25, 0.3) is 0 Å². The number of carbonyl (C=O) groups excluding carboxylic acids is 1. The van der Waals surface area contributed by atoms with Gasteiger partial charge in [-0.25, -0.2) is 0 Å². The van der Waals surface area contributed by atoms with Crippen molar-refractivity contribution in [3.05, 3.63) is 0 Å². The summed E-state index contributed by atoms with van der Waals surface area (Å²) in [5, 5.41) is 0. The van der Waals surface area contributed by atoms with Crippen LogP contribution in [0.4, 0.5) is 0 Å². The number of hydrogen-bond acceptors (Lipinski definition) is 3. The van der Waals surface area contributed by atoms with E-state index in [1.165, 1.54) is 19.5 Å². The Morgan fingerprint density at radius 1 is 1.47 bits per heavy atom. The first kappa shape index (κ1) is 12.8. The third kappa shape index (κ3) is 3.19. The molecular formula is C13H25N3O. The van der Waals surface area contributed by atoms with Gasteiger partial charge < -0.3 is 15.5 Å². The van der Waals surface area contributed by atoms with Crippen molar-refractivity contribution in [2.45, 2.75) is 31.7 Å². The number of amides is 1. The van der Waals surface area contributed by atoms with Crippen LogP contribution in [0, 0.1) is 11.8 Å². The molecule has 1 amide bonds. The third-order valence-corrected chi connectivity index (χ3v) is 4.26. The molecule has 0 aromatic heterocycles. The van der Waals surface area contributed by atoms with Crippen molar-refractivity contribution in [3.63, 3.8) is 0 Å². The first-order valence-electron chi connectivity index (χ1n) is 6.75. The van der Waals surface area contributed by atoms with Gasteiger partial charge in [-0.3, -0.25) is 4.79 Å². The fraction of sp³-hybridized carbons (Fsp3) is 0.923. The van der Waals surface area contributed by atoms with Crippen molar-refractivity contribution in [1.82, 2.24) is 9.80 Å². The maximum absolute atomic E-state index is 12.0. The predicted molar refractivity (Wildman–Crippen MR) is 68.6 cm³/mol. The summed E-state index contributed by atoms with van der Waals surface area (Å²) in [6.07, 6.45) is 4.20. The lowest BCUT2D eigenvalue weighted by atomic mass is 9.80. The van der Waals surface area contributed by atoms with Crippen LogP contribution in [0.25, 0.3) is 0 Å². The average molecular weight is 239 g/mol. The molecule has 0 radical (unpaired) electrons. The molecule has 1 unspecified atom stereocenters. The lowest BCUT2D eigenvalue weighted by Gasteiger charge is -2.34. The van der Waals surface area contributed by atoms with Gasteiger partial charge in [-0.05, 0) is 45.2 Å². The van der Waals surface area contributed by atoms with Crippen LogP contribution >= 0.6 is 0 Å². The van der Waals surface area contributed by atoms with E-state index in [2.05, 4.69) is 11.9 Å². The highest BCUT2D eigenvalue weighted by Crippen LogP contribution is 2.27. The standard InChI is InChI=1S/C13H25N3O/c1-15-5-3-10(9-15)4-6-16(2)13(17)11-7-12(14)8-11/h10-12H,3-9,14H2,1-2H3. The van der Waals surface area contributed by atoms with Gasteiger partial charge in [0.05, 0.1) is 0 Å². The number of hydrogen-bond donors (Lipinski definition) is 1. The summed E-state index contributed by atoms with van der Waals surface area (Å²) in [7, 11) is 4.11. The Morgan fingerprint density at radius 2 is 2.18 bits per heavy atom. The molecule has 17 heavy (non-hydrogen) atoms. The Kier molecular flexibility index (Phi) is 4.05. The second-order valence-electron chi connectivity index (χ2n) is 5.89. The molecule has 98 valence electrons. The molecule has 1 saturated heterocycles. The minimum absolute atomic E-state index is 0.209. The van der Waals surface area contributed by atoms with Gasteiger partial charge in [0, 0.05) is 32.1 Å². The number of nitrogens with two attached hydrogens (primary N) is 1. The van der Waals surface area contributed by atoms with Crippen LogP contribution in [0.1, 0.15) is 25.7 Å². The van der Waals surface area contributed by atoms with E-state index >= 15 is 0 Å². The second-order valence-corrected chi connectivity index (χ2v) is 5.89. The van der Waals surface area contributed by atoms with E-state index in [0.29, 0.717) is 5.91 Å². The quantitative estimate of drug-likeness (QED) is 0.778. The van der Waals surface area contributed by atoms with Crippen molar-refractivity contribution in [2.24, 2.45) is 17.6 Å². The van der Waals surface area contributed by atoms with E-state index in [9.17, 15) is 4.79 Å². The SMILES string of the molecule is CN1CCC(CCN(C)C(=O)C2CC(N)C2)C1. The third-order valence-electron chi connectivity index (χ3n) is 4.26. The number of rotatable bonds is 4. The Balaban J connectivity index is 1.66. The monoisotopic (exact) mass is 239 g/mol. The van der Waals surface area contributed by atoms with Gasteiger partial charge >= 0.3 is 0 Å². The van der Waals surface area contributed by atoms with Gasteiger partial charge in [0.15, 0.2) is 0 Å². The van der Waals surface area contributed by atoms with Crippen LogP contribution in [0.15, 0.2) is 0 Å². The summed E-state index contributed by atoms with van der Waals surface area (Å²) in [4.78, 5) is 16.3. The van der Waals surface area contributed by atoms with Crippen molar-refractivity contribution in [1.29, 1.82) is 0 Å². The molecule has 0 spiro atoms. The van der Waals surface area contributed by atoms with E-state index in [1.807, 2.05) is 11.9 Å². The zero-order valence-corrected chi connectivity index (χ0v) is 11.1. The fourth-order valence-corrected chi connectivity index (χ4v) is 2.92. The molecule has 0 aromatic rings. The zero-order valence-electron chi connectivity index (χ0n) is 11.1. The topological polar surface area (TPSA) is 49.6 Å². The fourth-order valence-electron chi connectivity index (χ4n) is 2.92. The van der Waals surface area contributed by atoms with E-state index in [-0.39, 0.29) is 12.0 Å². The average Bonchev–Trinajstić information content (AvgIpc) is 2.66. The van der Waals surface area contributed by atoms with Crippen molar-refractivity contribution in [2.75, 3.05) is 33.7 Å². The highest BCUT2D eigenvalue weighted by atomic mass is 16.2. The Morgan fingerprint density at radius 3 is 2.71 bits per heavy atom. The molecule has 1 atom stereocenters. The van der Waals surface area contributed by atoms with Gasteiger partial charge in [0.1, 0.15) is 0 Å². The smallest absolute Gasteiger partial charge is 0.225 e. The van der Waals surface area contributed by atoms with E-state index < -0.39 is 0 Å². The Bertz CT molecular complexity index is 276. The molecule has 0 aromatic carbocycles. The van der Waals surface area contributed by atoms with Crippen LogP contribution in [0.3, 0.4) is 0 Å². The summed E-state index contributed by atoms with van der Waals surface area (Å²) < 4.78 is 0. The van der Waals surface area contributed by atoms with Crippen molar-refractivity contribution < 1.29 is 4.79 Å². The molecule has 1 saturated carbocycles. The summed E-state index contributed by atoms with van der Waals surface area (Å²) >= 11 is 0. The van der Waals surface area contributed by atoms with Crippen LogP contribution in [-0.4, -0.2) is 55.5 Å². The van der Waals surface area contributed by atoms with Crippen molar-refractivity contribution >= 4 is 5.91 Å². The van der Waals surface area contributed by atoms with Crippen LogP contribution in [-0.2, 0) is 4.79 Å². The normalized spacial score (nSPS) is 33.5. The molecule has 0 bridgehead atoms. The molecule has 1 aliphatic heterocycles. The van der Waals surface area contributed by atoms with Gasteiger partial charge in [-0.1, -0.05) is 0 Å². The van der Waals surface area contributed by atoms with Crippen molar-refractivity contribution in [3.8, 4) is 0 Å². The van der Waals surface area contributed by atoms with Crippen LogP contribution in [0.5, 0.6) is 0 Å². The predicted octanol–water partition coefficient (Wildman–Crippen LogP) is 0.524. The van der Waals surface area contributed by atoms with E-state index in [4.69, 9.17) is 5.73 Å². The molecule has 2 aliphatic rings. The molecule has 2 rings (SSSR count). The molecular weight excluding hydrogens is 214 g/mol. The van der Waals surface area contributed by atoms with E-state index in [0.717, 1.165) is 31.7 Å². The van der Waals surface area contributed by atoms with Crippen LogP contribution < -0.4 is 5.73 Å². The first-order valence-corrected chi connectivity index (χ1v) is 6.75. The highest BCUT2D eigenvalue weighted by Gasteiger charge is 2.33.